The minimum absolute atomic E-state index is 0.0639. The second kappa shape index (κ2) is 9.47. The molecule has 0 spiro atoms. The maximum Gasteiger partial charge on any atom is 0.251 e. The number of hydrogen-bond acceptors (Lipinski definition) is 6. The van der Waals surface area contributed by atoms with Gasteiger partial charge in [-0.25, -0.2) is 0 Å². The van der Waals surface area contributed by atoms with Crippen LogP contribution in [0.2, 0.25) is 0 Å². The molecule has 0 radical (unpaired) electrons. The van der Waals surface area contributed by atoms with Crippen molar-refractivity contribution in [2.45, 2.75) is 11.9 Å². The molecule has 2 amide bonds. The van der Waals surface area contributed by atoms with Gasteiger partial charge in [-0.1, -0.05) is 12.1 Å². The number of rotatable bonds is 7. The van der Waals surface area contributed by atoms with Gasteiger partial charge < -0.3 is 19.4 Å². The average Bonchev–Trinajstić information content (AvgIpc) is 3.40. The molecule has 154 valence electrons. The number of carbonyl (C=O) groups is 2. The van der Waals surface area contributed by atoms with Crippen molar-refractivity contribution in [3.05, 3.63) is 59.5 Å². The summed E-state index contributed by atoms with van der Waals surface area (Å²) in [5.41, 5.74) is 1.64. The smallest absolute Gasteiger partial charge is 0.251 e. The second-order valence-corrected chi connectivity index (χ2v) is 8.16. The van der Waals surface area contributed by atoms with Crippen LogP contribution in [-0.2, 0) is 16.1 Å². The van der Waals surface area contributed by atoms with E-state index in [0.717, 1.165) is 44.2 Å². The first kappa shape index (κ1) is 20.0. The molecule has 0 aliphatic carbocycles. The lowest BCUT2D eigenvalue weighted by Gasteiger charge is -2.26. The SMILES string of the molecule is O=C(NCCN1CCOCC1)c1ccc([C@H]2SCC(=O)N2Cc2ccco2)cc1. The molecule has 2 aliphatic heterocycles. The summed E-state index contributed by atoms with van der Waals surface area (Å²) in [4.78, 5) is 28.8. The zero-order valence-corrected chi connectivity index (χ0v) is 17.0. The molecule has 1 aromatic heterocycles. The van der Waals surface area contributed by atoms with Crippen LogP contribution in [0.5, 0.6) is 0 Å². The summed E-state index contributed by atoms with van der Waals surface area (Å²) < 4.78 is 10.7. The van der Waals surface area contributed by atoms with E-state index in [9.17, 15) is 9.59 Å². The van der Waals surface area contributed by atoms with Crippen molar-refractivity contribution in [3.8, 4) is 0 Å². The number of nitrogens with zero attached hydrogens (tertiary/aromatic N) is 2. The Morgan fingerprint density at radius 1 is 1.17 bits per heavy atom. The lowest BCUT2D eigenvalue weighted by Crippen LogP contribution is -2.41. The van der Waals surface area contributed by atoms with Crippen LogP contribution in [0, 0.1) is 0 Å². The van der Waals surface area contributed by atoms with E-state index in [0.29, 0.717) is 24.4 Å². The standard InChI is InChI=1S/C21H25N3O4S/c25-19-15-29-21(24(19)14-18-2-1-11-28-18)17-5-3-16(4-6-17)20(26)22-7-8-23-9-12-27-13-10-23/h1-6,11,21H,7-10,12-15H2,(H,22,26)/t21-/m1/s1. The topological polar surface area (TPSA) is 75.0 Å². The molecular weight excluding hydrogens is 390 g/mol. The zero-order chi connectivity index (χ0) is 20.1. The van der Waals surface area contributed by atoms with Gasteiger partial charge >= 0.3 is 0 Å². The van der Waals surface area contributed by atoms with Crippen molar-refractivity contribution < 1.29 is 18.7 Å². The van der Waals surface area contributed by atoms with Crippen LogP contribution >= 0.6 is 11.8 Å². The van der Waals surface area contributed by atoms with E-state index in [4.69, 9.17) is 9.15 Å². The Balaban J connectivity index is 1.33. The van der Waals surface area contributed by atoms with E-state index in [1.807, 2.05) is 41.3 Å². The van der Waals surface area contributed by atoms with E-state index in [2.05, 4.69) is 10.2 Å². The van der Waals surface area contributed by atoms with Crippen LogP contribution in [0.1, 0.15) is 27.1 Å². The van der Waals surface area contributed by atoms with Gasteiger partial charge in [0.25, 0.3) is 5.91 Å². The number of benzene rings is 1. The lowest BCUT2D eigenvalue weighted by atomic mass is 10.1. The summed E-state index contributed by atoms with van der Waals surface area (Å²) in [6.07, 6.45) is 1.62. The number of thioether (sulfide) groups is 1. The summed E-state index contributed by atoms with van der Waals surface area (Å²) in [5, 5.41) is 2.91. The maximum atomic E-state index is 12.4. The Hall–Kier alpha value is -2.29. The number of furan rings is 1. The van der Waals surface area contributed by atoms with Crippen LogP contribution in [0.3, 0.4) is 0 Å². The van der Waals surface area contributed by atoms with Crippen molar-refractivity contribution in [3.63, 3.8) is 0 Å². The first-order valence-corrected chi connectivity index (χ1v) is 10.9. The molecule has 1 atom stereocenters. The predicted octanol–water partition coefficient (Wildman–Crippen LogP) is 2.12. The number of hydrogen-bond donors (Lipinski definition) is 1. The van der Waals surface area contributed by atoms with Gasteiger partial charge in [-0.3, -0.25) is 14.5 Å². The predicted molar refractivity (Wildman–Crippen MR) is 110 cm³/mol. The minimum atomic E-state index is -0.0765. The average molecular weight is 416 g/mol. The molecule has 2 aromatic rings. The van der Waals surface area contributed by atoms with E-state index in [1.54, 1.807) is 18.0 Å². The fourth-order valence-corrected chi connectivity index (χ4v) is 4.71. The van der Waals surface area contributed by atoms with Gasteiger partial charge in [0.05, 0.1) is 31.8 Å². The molecule has 0 saturated carbocycles. The number of amides is 2. The molecule has 1 aromatic carbocycles. The van der Waals surface area contributed by atoms with Crippen molar-refractivity contribution in [1.82, 2.24) is 15.1 Å². The second-order valence-electron chi connectivity index (χ2n) is 7.10. The highest BCUT2D eigenvalue weighted by Crippen LogP contribution is 2.39. The highest BCUT2D eigenvalue weighted by molar-refractivity contribution is 8.00. The van der Waals surface area contributed by atoms with Crippen molar-refractivity contribution in [2.75, 3.05) is 45.1 Å². The first-order chi connectivity index (χ1) is 14.2. The van der Waals surface area contributed by atoms with Crippen LogP contribution < -0.4 is 5.32 Å². The Bertz CT molecular complexity index is 819. The molecule has 2 fully saturated rings. The van der Waals surface area contributed by atoms with Gasteiger partial charge in [-0.15, -0.1) is 11.8 Å². The number of ether oxygens (including phenoxy) is 1. The highest BCUT2D eigenvalue weighted by Gasteiger charge is 2.33. The summed E-state index contributed by atoms with van der Waals surface area (Å²) in [6, 6.07) is 11.2. The third kappa shape index (κ3) is 5.01. The molecule has 29 heavy (non-hydrogen) atoms. The van der Waals surface area contributed by atoms with Gasteiger partial charge in [0, 0.05) is 31.7 Å². The zero-order valence-electron chi connectivity index (χ0n) is 16.2. The first-order valence-electron chi connectivity index (χ1n) is 9.82. The van der Waals surface area contributed by atoms with Crippen LogP contribution in [0.25, 0.3) is 0 Å². The van der Waals surface area contributed by atoms with E-state index in [-0.39, 0.29) is 17.2 Å². The molecule has 8 heteroatoms. The van der Waals surface area contributed by atoms with Crippen molar-refractivity contribution >= 4 is 23.6 Å². The normalized spacial score (nSPS) is 20.2. The molecule has 1 N–H and O–H groups in total. The van der Waals surface area contributed by atoms with Crippen LogP contribution in [0.4, 0.5) is 0 Å². The molecular formula is C21H25N3O4S. The molecule has 0 bridgehead atoms. The number of carbonyl (C=O) groups excluding carboxylic acids is 2. The number of morpholine rings is 1. The maximum absolute atomic E-state index is 12.4. The van der Waals surface area contributed by atoms with Crippen LogP contribution in [-0.4, -0.2) is 66.8 Å². The fraction of sp³-hybridized carbons (Fsp3) is 0.429. The van der Waals surface area contributed by atoms with E-state index >= 15 is 0 Å². The third-order valence-electron chi connectivity index (χ3n) is 5.15. The van der Waals surface area contributed by atoms with Gasteiger partial charge in [0.2, 0.25) is 5.91 Å². The molecule has 2 aliphatic rings. The third-order valence-corrected chi connectivity index (χ3v) is 6.41. The molecule has 3 heterocycles. The lowest BCUT2D eigenvalue weighted by molar-refractivity contribution is -0.128. The van der Waals surface area contributed by atoms with Gasteiger partial charge in [-0.05, 0) is 29.8 Å². The Kier molecular flexibility index (Phi) is 6.53. The quantitative estimate of drug-likeness (QED) is 0.747. The van der Waals surface area contributed by atoms with Crippen LogP contribution in [0.15, 0.2) is 47.1 Å². The van der Waals surface area contributed by atoms with Crippen molar-refractivity contribution in [2.24, 2.45) is 0 Å². The van der Waals surface area contributed by atoms with Gasteiger partial charge in [0.15, 0.2) is 0 Å². The van der Waals surface area contributed by atoms with E-state index < -0.39 is 0 Å². The Morgan fingerprint density at radius 3 is 2.69 bits per heavy atom. The molecule has 0 unspecified atom stereocenters. The van der Waals surface area contributed by atoms with Gasteiger partial charge in [0.1, 0.15) is 11.1 Å². The summed E-state index contributed by atoms with van der Waals surface area (Å²) in [6.45, 7) is 5.24. The molecule has 4 rings (SSSR count). The monoisotopic (exact) mass is 415 g/mol. The fourth-order valence-electron chi connectivity index (χ4n) is 3.53. The van der Waals surface area contributed by atoms with E-state index in [1.165, 1.54) is 0 Å². The van der Waals surface area contributed by atoms with Crippen molar-refractivity contribution in [1.29, 1.82) is 0 Å². The minimum Gasteiger partial charge on any atom is -0.467 e. The summed E-state index contributed by atoms with van der Waals surface area (Å²) in [7, 11) is 0. The molecule has 7 nitrogen and oxygen atoms in total. The summed E-state index contributed by atoms with van der Waals surface area (Å²) >= 11 is 1.60. The molecule has 2 saturated heterocycles. The highest BCUT2D eigenvalue weighted by atomic mass is 32.2. The Morgan fingerprint density at radius 2 is 1.97 bits per heavy atom. The summed E-state index contributed by atoms with van der Waals surface area (Å²) in [5.74, 6) is 1.24. The van der Waals surface area contributed by atoms with Gasteiger partial charge in [-0.2, -0.15) is 0 Å². The number of nitrogens with one attached hydrogen (secondary N) is 1. The largest absolute Gasteiger partial charge is 0.467 e. The Labute approximate surface area is 174 Å².